The normalized spacial score (nSPS) is 12.6. The van der Waals surface area contributed by atoms with Crippen LogP contribution < -0.4 is 22.7 Å². The third kappa shape index (κ3) is 5.63. The van der Waals surface area contributed by atoms with Gasteiger partial charge in [0.1, 0.15) is 23.5 Å². The Morgan fingerprint density at radius 2 is 1.79 bits per heavy atom. The van der Waals surface area contributed by atoms with Crippen LogP contribution in [0.25, 0.3) is 11.2 Å². The van der Waals surface area contributed by atoms with Crippen LogP contribution in [0.5, 0.6) is 0 Å². The quantitative estimate of drug-likeness (QED) is 0.446. The molecule has 12 nitrogen and oxygen atoms in total. The maximum Gasteiger partial charge on any atom is 0.328 e. The van der Waals surface area contributed by atoms with Crippen LogP contribution in [0, 0.1) is 0 Å². The van der Waals surface area contributed by atoms with Crippen LogP contribution in [0.4, 0.5) is 5.82 Å². The summed E-state index contributed by atoms with van der Waals surface area (Å²) in [7, 11) is 5.30. The number of nitrogen functional groups attached to an aromatic ring is 1. The highest BCUT2D eigenvalue weighted by Crippen LogP contribution is 2.11. The molecule has 0 unspecified atom stereocenters. The van der Waals surface area contributed by atoms with Gasteiger partial charge in [-0.25, -0.2) is 24.7 Å². The van der Waals surface area contributed by atoms with E-state index in [4.69, 9.17) is 11.5 Å². The van der Waals surface area contributed by atoms with Gasteiger partial charge < -0.3 is 25.5 Å². The molecular weight excluding hydrogens is 376 g/mol. The van der Waals surface area contributed by atoms with Crippen LogP contribution in [-0.2, 0) is 14.1 Å². The lowest BCUT2D eigenvalue weighted by Gasteiger charge is -2.16. The molecular formula is C17H22N10O2. The Labute approximate surface area is 165 Å². The minimum absolute atomic E-state index is 0.363. The van der Waals surface area contributed by atoms with Crippen LogP contribution in [0.2, 0.25) is 0 Å². The molecule has 3 aromatic rings. The number of nitrogens with one attached hydrogen (secondary N) is 1. The minimum Gasteiger partial charge on any atom is -0.384 e. The highest BCUT2D eigenvalue weighted by atomic mass is 16.2. The first kappa shape index (κ1) is 21.1. The van der Waals surface area contributed by atoms with E-state index in [1.54, 1.807) is 28.9 Å². The number of nitrogens with two attached hydrogens (primary N) is 2. The zero-order valence-corrected chi connectivity index (χ0v) is 16.3. The smallest absolute Gasteiger partial charge is 0.328 e. The van der Waals surface area contributed by atoms with Crippen molar-refractivity contribution in [3.63, 3.8) is 0 Å². The van der Waals surface area contributed by atoms with E-state index in [1.807, 2.05) is 20.3 Å². The van der Waals surface area contributed by atoms with E-state index in [-0.39, 0.29) is 11.2 Å². The number of nitrogens with zero attached hydrogens (tertiary/aromatic N) is 7. The van der Waals surface area contributed by atoms with Crippen molar-refractivity contribution in [2.75, 3.05) is 12.8 Å². The molecule has 152 valence electrons. The van der Waals surface area contributed by atoms with Crippen molar-refractivity contribution >= 4 is 22.8 Å². The Balaban J connectivity index is 0.000000157. The van der Waals surface area contributed by atoms with E-state index in [1.165, 1.54) is 23.2 Å². The molecule has 0 aliphatic carbocycles. The molecule has 0 spiro atoms. The van der Waals surface area contributed by atoms with Crippen molar-refractivity contribution in [3.05, 3.63) is 70.4 Å². The zero-order valence-electron chi connectivity index (χ0n) is 16.3. The number of fused-ring (bicyclic) bond motifs is 1. The molecule has 0 atom stereocenters. The first-order valence-electron chi connectivity index (χ1n) is 8.26. The number of imidazole rings is 1. The van der Waals surface area contributed by atoms with Gasteiger partial charge in [0, 0.05) is 39.6 Å². The van der Waals surface area contributed by atoms with Gasteiger partial charge in [0.2, 0.25) is 0 Å². The van der Waals surface area contributed by atoms with Gasteiger partial charge in [0.05, 0.1) is 6.33 Å². The molecule has 29 heavy (non-hydrogen) atoms. The third-order valence-electron chi connectivity index (χ3n) is 3.66. The highest BCUT2D eigenvalue weighted by Gasteiger charge is 2.03. The average Bonchev–Trinajstić information content (AvgIpc) is 3.06. The fourth-order valence-corrected chi connectivity index (χ4v) is 1.99. The molecule has 12 heteroatoms. The summed E-state index contributed by atoms with van der Waals surface area (Å²) in [4.78, 5) is 40.6. The maximum atomic E-state index is 10.5. The van der Waals surface area contributed by atoms with Crippen LogP contribution in [0.1, 0.15) is 0 Å². The lowest BCUT2D eigenvalue weighted by Crippen LogP contribution is -2.26. The molecule has 0 saturated carbocycles. The zero-order chi connectivity index (χ0) is 21.6. The summed E-state index contributed by atoms with van der Waals surface area (Å²) in [5, 5.41) is 0. The third-order valence-corrected chi connectivity index (χ3v) is 3.66. The second kappa shape index (κ2) is 9.12. The second-order valence-corrected chi connectivity index (χ2v) is 5.89. The lowest BCUT2D eigenvalue weighted by atomic mass is 10.4. The van der Waals surface area contributed by atoms with E-state index in [0.29, 0.717) is 23.0 Å². The maximum absolute atomic E-state index is 10.5. The SMILES string of the molecule is C=C1N=C(N)C=CN1C.Cn1ccc(=O)[nH]c1=O.Cn1cnc2c(N)ncnc21. The summed E-state index contributed by atoms with van der Waals surface area (Å²) in [6.07, 6.45) is 8.07. The first-order valence-corrected chi connectivity index (χ1v) is 8.26. The fraction of sp³-hybridized carbons (Fsp3) is 0.176. The van der Waals surface area contributed by atoms with Gasteiger partial charge in [-0.1, -0.05) is 6.58 Å². The number of rotatable bonds is 0. The van der Waals surface area contributed by atoms with Gasteiger partial charge in [-0.2, -0.15) is 0 Å². The van der Waals surface area contributed by atoms with Gasteiger partial charge >= 0.3 is 5.69 Å². The van der Waals surface area contributed by atoms with Gasteiger partial charge in [-0.05, 0) is 6.08 Å². The van der Waals surface area contributed by atoms with Crippen LogP contribution in [0.15, 0.2) is 64.2 Å². The number of anilines is 1. The monoisotopic (exact) mass is 398 g/mol. The van der Waals surface area contributed by atoms with E-state index >= 15 is 0 Å². The molecule has 0 amide bonds. The topological polar surface area (TPSA) is 166 Å². The van der Waals surface area contributed by atoms with Crippen molar-refractivity contribution in [2.24, 2.45) is 24.8 Å². The summed E-state index contributed by atoms with van der Waals surface area (Å²) >= 11 is 0. The highest BCUT2D eigenvalue weighted by molar-refractivity contribution is 5.92. The van der Waals surface area contributed by atoms with Crippen molar-refractivity contribution in [3.8, 4) is 0 Å². The number of hydrogen-bond acceptors (Lipinski definition) is 9. The number of amidine groups is 1. The Bertz CT molecular complexity index is 1180. The first-order chi connectivity index (χ1) is 13.7. The predicted molar refractivity (Wildman–Crippen MR) is 111 cm³/mol. The second-order valence-electron chi connectivity index (χ2n) is 5.89. The summed E-state index contributed by atoms with van der Waals surface area (Å²) < 4.78 is 3.09. The van der Waals surface area contributed by atoms with Gasteiger partial charge in [-0.15, -0.1) is 0 Å². The molecule has 0 saturated heterocycles. The Hall–Kier alpha value is -4.22. The summed E-state index contributed by atoms with van der Waals surface area (Å²) in [6, 6.07) is 1.29. The van der Waals surface area contributed by atoms with E-state index in [0.717, 1.165) is 5.65 Å². The molecule has 0 fully saturated rings. The molecule has 1 aliphatic rings. The van der Waals surface area contributed by atoms with Crippen molar-refractivity contribution in [2.45, 2.75) is 0 Å². The Kier molecular flexibility index (Phi) is 6.63. The van der Waals surface area contributed by atoms with Crippen LogP contribution >= 0.6 is 0 Å². The number of H-pyrrole nitrogens is 1. The standard InChI is InChI=1S/C6H7N5.C6H9N3.C5H6N2O2/c1-11-3-10-4-5(7)8-2-9-6(4)11;1-5-8-6(7)3-4-9(5)2;1-7-3-2-4(8)6-5(7)9/h2-3H,1H3,(H2,7,8,9);3-4H,1H2,2H3,(H2,7,8);2-3H,1H3,(H,6,8,9). The molecule has 0 radical (unpaired) electrons. The molecule has 4 rings (SSSR count). The molecule has 4 heterocycles. The number of hydrogen-bond donors (Lipinski definition) is 3. The van der Waals surface area contributed by atoms with Gasteiger partial charge in [0.15, 0.2) is 11.5 Å². The van der Waals surface area contributed by atoms with Gasteiger partial charge in [-0.3, -0.25) is 9.78 Å². The summed E-state index contributed by atoms with van der Waals surface area (Å²) in [6.45, 7) is 3.65. The van der Waals surface area contributed by atoms with E-state index in [9.17, 15) is 9.59 Å². The summed E-state index contributed by atoms with van der Waals surface area (Å²) in [5.41, 5.74) is 11.6. The number of aromatic amines is 1. The van der Waals surface area contributed by atoms with Gasteiger partial charge in [0.25, 0.3) is 5.56 Å². The summed E-state index contributed by atoms with van der Waals surface area (Å²) in [5.74, 6) is 1.61. The molecule has 0 aromatic carbocycles. The minimum atomic E-state index is -0.387. The largest absolute Gasteiger partial charge is 0.384 e. The Morgan fingerprint density at radius 1 is 1.07 bits per heavy atom. The lowest BCUT2D eigenvalue weighted by molar-refractivity contribution is 0.560. The van der Waals surface area contributed by atoms with Crippen molar-refractivity contribution in [1.29, 1.82) is 0 Å². The molecule has 5 N–H and O–H groups in total. The average molecular weight is 398 g/mol. The Morgan fingerprint density at radius 3 is 2.34 bits per heavy atom. The number of aromatic nitrogens is 6. The van der Waals surface area contributed by atoms with E-state index < -0.39 is 0 Å². The van der Waals surface area contributed by atoms with Crippen LogP contribution in [-0.4, -0.2) is 46.9 Å². The van der Waals surface area contributed by atoms with Crippen molar-refractivity contribution in [1.82, 2.24) is 34.0 Å². The molecule has 3 aromatic heterocycles. The molecule has 0 bridgehead atoms. The number of aryl methyl sites for hydroxylation is 2. The fourth-order valence-electron chi connectivity index (χ4n) is 1.99. The van der Waals surface area contributed by atoms with Crippen molar-refractivity contribution < 1.29 is 0 Å². The van der Waals surface area contributed by atoms with Crippen LogP contribution in [0.3, 0.4) is 0 Å². The number of aliphatic imine (C=N–C) groups is 1. The predicted octanol–water partition coefficient (Wildman–Crippen LogP) is -0.707. The molecule has 1 aliphatic heterocycles. The van der Waals surface area contributed by atoms with E-state index in [2.05, 4.69) is 31.5 Å².